The molecule has 0 radical (unpaired) electrons. The van der Waals surface area contributed by atoms with Crippen LogP contribution in [-0.2, 0) is 11.3 Å². The van der Waals surface area contributed by atoms with Crippen LogP contribution in [0.3, 0.4) is 0 Å². The van der Waals surface area contributed by atoms with E-state index in [9.17, 15) is 18.8 Å². The van der Waals surface area contributed by atoms with Gasteiger partial charge in [-0.25, -0.2) is 4.39 Å². The lowest BCUT2D eigenvalue weighted by molar-refractivity contribution is -0.122. The first-order chi connectivity index (χ1) is 16.3. The summed E-state index contributed by atoms with van der Waals surface area (Å²) in [4.78, 5) is 39.1. The minimum absolute atomic E-state index is 0.0490. The molecular formula is C25H23FN4O3S. The molecule has 0 bridgehead atoms. The number of nitrogens with zero attached hydrogens (tertiary/aromatic N) is 3. The Kier molecular flexibility index (Phi) is 6.93. The van der Waals surface area contributed by atoms with Crippen molar-refractivity contribution < 1.29 is 18.8 Å². The van der Waals surface area contributed by atoms with Gasteiger partial charge < -0.3 is 5.32 Å². The highest BCUT2D eigenvalue weighted by atomic mass is 32.2. The van der Waals surface area contributed by atoms with E-state index in [2.05, 4.69) is 10.4 Å². The number of aromatic nitrogens is 2. The summed E-state index contributed by atoms with van der Waals surface area (Å²) in [5, 5.41) is 6.88. The summed E-state index contributed by atoms with van der Waals surface area (Å²) in [7, 11) is 0. The lowest BCUT2D eigenvalue weighted by Crippen LogP contribution is -2.37. The molecule has 3 amide bonds. The van der Waals surface area contributed by atoms with Crippen LogP contribution in [0.25, 0.3) is 6.08 Å². The number of aryl methyl sites for hydroxylation is 1. The molecule has 1 aliphatic heterocycles. The molecule has 7 nitrogen and oxygen atoms in total. The number of hydrogen-bond donors (Lipinski definition) is 1. The van der Waals surface area contributed by atoms with Crippen LogP contribution in [-0.4, -0.2) is 44.8 Å². The molecule has 1 N–H and O–H groups in total. The monoisotopic (exact) mass is 478 g/mol. The maximum Gasteiger partial charge on any atom is 0.293 e. The van der Waals surface area contributed by atoms with E-state index in [1.165, 1.54) is 24.3 Å². The number of imide groups is 1. The molecule has 0 aliphatic carbocycles. The molecule has 34 heavy (non-hydrogen) atoms. The maximum absolute atomic E-state index is 13.1. The van der Waals surface area contributed by atoms with E-state index in [0.717, 1.165) is 27.9 Å². The van der Waals surface area contributed by atoms with Gasteiger partial charge in [-0.1, -0.05) is 42.5 Å². The van der Waals surface area contributed by atoms with Crippen LogP contribution in [0.1, 0.15) is 32.9 Å². The number of benzene rings is 2. The van der Waals surface area contributed by atoms with Gasteiger partial charge in [0.05, 0.1) is 22.7 Å². The van der Waals surface area contributed by atoms with Gasteiger partial charge in [-0.15, -0.1) is 0 Å². The van der Waals surface area contributed by atoms with Crippen LogP contribution in [0.4, 0.5) is 9.18 Å². The van der Waals surface area contributed by atoms with Gasteiger partial charge in [-0.05, 0) is 54.9 Å². The molecule has 1 fully saturated rings. The second-order valence-electron chi connectivity index (χ2n) is 7.83. The summed E-state index contributed by atoms with van der Waals surface area (Å²) in [6.07, 6.45) is 1.55. The van der Waals surface area contributed by atoms with Crippen molar-refractivity contribution >= 4 is 34.9 Å². The predicted molar refractivity (Wildman–Crippen MR) is 129 cm³/mol. The molecule has 9 heteroatoms. The van der Waals surface area contributed by atoms with E-state index in [-0.39, 0.29) is 29.7 Å². The Balaban J connectivity index is 1.37. The van der Waals surface area contributed by atoms with Crippen LogP contribution in [0.15, 0.2) is 59.5 Å². The first-order valence-electron chi connectivity index (χ1n) is 10.7. The van der Waals surface area contributed by atoms with Gasteiger partial charge >= 0.3 is 0 Å². The second kappa shape index (κ2) is 10.0. The third kappa shape index (κ3) is 5.09. The predicted octanol–water partition coefficient (Wildman–Crippen LogP) is 4.15. The molecule has 0 atom stereocenters. The fourth-order valence-electron chi connectivity index (χ4n) is 3.71. The van der Waals surface area contributed by atoms with Crippen LogP contribution in [0.5, 0.6) is 0 Å². The van der Waals surface area contributed by atoms with Crippen molar-refractivity contribution in [3.8, 4) is 0 Å². The number of carbonyl (C=O) groups excluding carboxylic acids is 3. The Morgan fingerprint density at radius 3 is 2.50 bits per heavy atom. The van der Waals surface area contributed by atoms with Gasteiger partial charge in [0.15, 0.2) is 0 Å². The molecule has 0 unspecified atom stereocenters. The highest BCUT2D eigenvalue weighted by Crippen LogP contribution is 2.31. The quantitative estimate of drug-likeness (QED) is 0.516. The number of rotatable bonds is 7. The van der Waals surface area contributed by atoms with Gasteiger partial charge in [0.1, 0.15) is 5.82 Å². The molecule has 3 aromatic rings. The molecule has 2 aromatic carbocycles. The summed E-state index contributed by atoms with van der Waals surface area (Å²) >= 11 is 0.824. The average Bonchev–Trinajstić information content (AvgIpc) is 3.24. The summed E-state index contributed by atoms with van der Waals surface area (Å²) in [5.74, 6) is -1.11. The number of amides is 3. The third-order valence-electron chi connectivity index (χ3n) is 5.45. The van der Waals surface area contributed by atoms with Crippen molar-refractivity contribution in [1.82, 2.24) is 20.0 Å². The summed E-state index contributed by atoms with van der Waals surface area (Å²) < 4.78 is 14.9. The van der Waals surface area contributed by atoms with Crippen molar-refractivity contribution in [1.29, 1.82) is 0 Å². The van der Waals surface area contributed by atoms with Crippen molar-refractivity contribution in [2.75, 3.05) is 13.1 Å². The fourth-order valence-corrected chi connectivity index (χ4v) is 4.57. The second-order valence-corrected chi connectivity index (χ2v) is 8.82. The Bertz CT molecular complexity index is 1270. The van der Waals surface area contributed by atoms with E-state index in [1.807, 2.05) is 37.3 Å². The number of nitrogens with one attached hydrogen (secondary N) is 1. The Morgan fingerprint density at radius 2 is 1.79 bits per heavy atom. The van der Waals surface area contributed by atoms with Crippen molar-refractivity contribution in [3.05, 3.63) is 93.4 Å². The van der Waals surface area contributed by atoms with Gasteiger partial charge in [0.2, 0.25) is 0 Å². The normalized spacial score (nSPS) is 14.8. The molecule has 2 heterocycles. The van der Waals surface area contributed by atoms with Gasteiger partial charge in [0, 0.05) is 18.8 Å². The number of thioether (sulfide) groups is 1. The molecule has 4 rings (SSSR count). The molecule has 0 saturated carbocycles. The van der Waals surface area contributed by atoms with Gasteiger partial charge in [-0.2, -0.15) is 5.10 Å². The zero-order valence-electron chi connectivity index (χ0n) is 18.7. The first kappa shape index (κ1) is 23.4. The van der Waals surface area contributed by atoms with Crippen LogP contribution >= 0.6 is 11.8 Å². The molecule has 1 saturated heterocycles. The molecule has 1 aromatic heterocycles. The number of carbonyl (C=O) groups is 3. The summed E-state index contributed by atoms with van der Waals surface area (Å²) in [6.45, 7) is 4.34. The highest BCUT2D eigenvalue weighted by Gasteiger charge is 2.34. The average molecular weight is 479 g/mol. The van der Waals surface area contributed by atoms with E-state index < -0.39 is 11.1 Å². The van der Waals surface area contributed by atoms with Crippen LogP contribution < -0.4 is 5.32 Å². The minimum Gasteiger partial charge on any atom is -0.350 e. The summed E-state index contributed by atoms with van der Waals surface area (Å²) in [6, 6.07) is 15.5. The Hall–Kier alpha value is -3.72. The standard InChI is InChI=1S/C25H23FN4O3S/c1-16-22(17(2)30(28-16)15-19-6-4-3-5-7-19)23(31)27-12-13-29-24(32)21(34-25(29)33)14-18-8-10-20(26)11-9-18/h3-11,14H,12-13,15H2,1-2H3,(H,27,31)/b21-14+. The van der Waals surface area contributed by atoms with E-state index in [1.54, 1.807) is 17.7 Å². The zero-order valence-corrected chi connectivity index (χ0v) is 19.6. The van der Waals surface area contributed by atoms with Crippen LogP contribution in [0.2, 0.25) is 0 Å². The summed E-state index contributed by atoms with van der Waals surface area (Å²) in [5.41, 5.74) is 3.54. The van der Waals surface area contributed by atoms with Gasteiger partial charge in [0.25, 0.3) is 17.1 Å². The zero-order chi connectivity index (χ0) is 24.2. The smallest absolute Gasteiger partial charge is 0.293 e. The number of halogens is 1. The largest absolute Gasteiger partial charge is 0.350 e. The van der Waals surface area contributed by atoms with Crippen molar-refractivity contribution in [2.45, 2.75) is 20.4 Å². The van der Waals surface area contributed by atoms with Gasteiger partial charge in [-0.3, -0.25) is 24.0 Å². The minimum atomic E-state index is -0.434. The SMILES string of the molecule is Cc1nn(Cc2ccccc2)c(C)c1C(=O)NCCN1C(=O)S/C(=C/c2ccc(F)cc2)C1=O. The number of hydrogen-bond acceptors (Lipinski definition) is 5. The molecular weight excluding hydrogens is 455 g/mol. The Labute approximate surface area is 200 Å². The third-order valence-corrected chi connectivity index (χ3v) is 6.35. The van der Waals surface area contributed by atoms with E-state index in [0.29, 0.717) is 23.4 Å². The molecule has 174 valence electrons. The first-order valence-corrected chi connectivity index (χ1v) is 11.5. The fraction of sp³-hybridized carbons (Fsp3) is 0.200. The topological polar surface area (TPSA) is 84.3 Å². The molecule has 1 aliphatic rings. The van der Waals surface area contributed by atoms with Crippen molar-refractivity contribution in [2.24, 2.45) is 0 Å². The lowest BCUT2D eigenvalue weighted by atomic mass is 10.1. The van der Waals surface area contributed by atoms with E-state index >= 15 is 0 Å². The Morgan fingerprint density at radius 1 is 1.09 bits per heavy atom. The van der Waals surface area contributed by atoms with Crippen molar-refractivity contribution in [3.63, 3.8) is 0 Å². The molecule has 0 spiro atoms. The van der Waals surface area contributed by atoms with Crippen LogP contribution in [0, 0.1) is 19.7 Å². The van der Waals surface area contributed by atoms with E-state index in [4.69, 9.17) is 0 Å². The highest BCUT2D eigenvalue weighted by molar-refractivity contribution is 8.18. The lowest BCUT2D eigenvalue weighted by Gasteiger charge is -2.13. The maximum atomic E-state index is 13.1.